The third kappa shape index (κ3) is 4.99. The Kier molecular flexibility index (Phi) is 6.40. The Morgan fingerprint density at radius 3 is 2.57 bits per heavy atom. The molecule has 3 rings (SSSR count). The zero-order valence-electron chi connectivity index (χ0n) is 15.8. The zero-order chi connectivity index (χ0) is 21.7. The molecular formula is C19H19FN4O6. The number of anilines is 1. The molecule has 2 heterocycles. The molecule has 0 saturated carbocycles. The quantitative estimate of drug-likeness (QED) is 0.433. The Morgan fingerprint density at radius 1 is 1.20 bits per heavy atom. The summed E-state index contributed by atoms with van der Waals surface area (Å²) in [5, 5.41) is 15.5. The van der Waals surface area contributed by atoms with E-state index in [-0.39, 0.29) is 24.1 Å². The largest absolute Gasteiger partial charge is 0.472 e. The fourth-order valence-electron chi connectivity index (χ4n) is 3.14. The average Bonchev–Trinajstić information content (AvgIpc) is 3.28. The molecule has 158 valence electrons. The summed E-state index contributed by atoms with van der Waals surface area (Å²) in [6.07, 6.45) is 4.15. The highest BCUT2D eigenvalue weighted by Gasteiger charge is 2.25. The van der Waals surface area contributed by atoms with Gasteiger partial charge in [0.25, 0.3) is 5.91 Å². The highest BCUT2D eigenvalue weighted by molar-refractivity contribution is 6.39. The first-order chi connectivity index (χ1) is 14.3. The number of carbonyl (C=O) groups excluding carboxylic acids is 3. The summed E-state index contributed by atoms with van der Waals surface area (Å²) in [6.45, 7) is 1.30. The van der Waals surface area contributed by atoms with Gasteiger partial charge in [-0.05, 0) is 37.0 Å². The van der Waals surface area contributed by atoms with E-state index >= 15 is 0 Å². The standard InChI is InChI=1S/C19H19FN4O6/c20-15-2-1-14(9-16(15)24(28)29)22-18(26)17(25)21-10-12-3-6-23(7-4-12)19(27)13-5-8-30-11-13/h1-2,5,8-9,11-12H,3-4,6-7,10H2,(H,21,25)(H,22,26). The molecule has 11 heteroatoms. The maximum Gasteiger partial charge on any atom is 0.313 e. The molecule has 1 fully saturated rings. The second kappa shape index (κ2) is 9.16. The van der Waals surface area contributed by atoms with Gasteiger partial charge in [-0.15, -0.1) is 0 Å². The fourth-order valence-corrected chi connectivity index (χ4v) is 3.14. The number of furan rings is 1. The number of halogens is 1. The van der Waals surface area contributed by atoms with Gasteiger partial charge >= 0.3 is 17.5 Å². The average molecular weight is 418 g/mol. The fraction of sp³-hybridized carbons (Fsp3) is 0.316. The first kappa shape index (κ1) is 21.0. The second-order valence-electron chi connectivity index (χ2n) is 6.84. The summed E-state index contributed by atoms with van der Waals surface area (Å²) in [7, 11) is 0. The summed E-state index contributed by atoms with van der Waals surface area (Å²) in [4.78, 5) is 47.8. The van der Waals surface area contributed by atoms with E-state index in [9.17, 15) is 28.9 Å². The van der Waals surface area contributed by atoms with Gasteiger partial charge in [-0.3, -0.25) is 24.5 Å². The number of nitro groups is 1. The van der Waals surface area contributed by atoms with E-state index in [4.69, 9.17) is 4.42 Å². The maximum atomic E-state index is 13.3. The van der Waals surface area contributed by atoms with Crippen LogP contribution in [0.2, 0.25) is 0 Å². The molecule has 0 atom stereocenters. The highest BCUT2D eigenvalue weighted by atomic mass is 19.1. The normalized spacial score (nSPS) is 14.2. The number of piperidine rings is 1. The number of likely N-dealkylation sites (tertiary alicyclic amines) is 1. The van der Waals surface area contributed by atoms with Crippen molar-refractivity contribution in [1.29, 1.82) is 0 Å². The summed E-state index contributed by atoms with van der Waals surface area (Å²) in [6, 6.07) is 4.40. The zero-order valence-corrected chi connectivity index (χ0v) is 15.8. The van der Waals surface area contributed by atoms with Crippen molar-refractivity contribution in [3.63, 3.8) is 0 Å². The number of hydrogen-bond acceptors (Lipinski definition) is 6. The predicted molar refractivity (Wildman–Crippen MR) is 102 cm³/mol. The van der Waals surface area contributed by atoms with Crippen LogP contribution in [0.4, 0.5) is 15.8 Å². The van der Waals surface area contributed by atoms with Gasteiger partial charge in [0, 0.05) is 31.4 Å². The molecule has 1 aliphatic rings. The highest BCUT2D eigenvalue weighted by Crippen LogP contribution is 2.22. The van der Waals surface area contributed by atoms with Crippen LogP contribution in [0.1, 0.15) is 23.2 Å². The van der Waals surface area contributed by atoms with Crippen LogP contribution in [0.15, 0.2) is 41.2 Å². The van der Waals surface area contributed by atoms with Crippen LogP contribution < -0.4 is 10.6 Å². The smallest absolute Gasteiger partial charge is 0.313 e. The molecule has 10 nitrogen and oxygen atoms in total. The number of benzene rings is 1. The molecule has 1 aliphatic heterocycles. The van der Waals surface area contributed by atoms with E-state index in [2.05, 4.69) is 10.6 Å². The molecular weight excluding hydrogens is 399 g/mol. The number of amides is 3. The minimum absolute atomic E-state index is 0.0608. The van der Waals surface area contributed by atoms with Crippen LogP contribution >= 0.6 is 0 Å². The number of nitrogens with zero attached hydrogens (tertiary/aromatic N) is 2. The van der Waals surface area contributed by atoms with Gasteiger partial charge in [0.1, 0.15) is 6.26 Å². The Morgan fingerprint density at radius 2 is 1.93 bits per heavy atom. The summed E-state index contributed by atoms with van der Waals surface area (Å²) < 4.78 is 18.3. The van der Waals surface area contributed by atoms with Crippen LogP contribution in [-0.2, 0) is 9.59 Å². The molecule has 0 aliphatic carbocycles. The van der Waals surface area contributed by atoms with E-state index in [1.165, 1.54) is 12.5 Å². The van der Waals surface area contributed by atoms with E-state index in [1.807, 2.05) is 0 Å². The van der Waals surface area contributed by atoms with E-state index in [1.54, 1.807) is 11.0 Å². The molecule has 0 spiro atoms. The number of nitrogens with one attached hydrogen (secondary N) is 2. The van der Waals surface area contributed by atoms with Crippen LogP contribution in [0.5, 0.6) is 0 Å². The second-order valence-corrected chi connectivity index (χ2v) is 6.84. The Bertz CT molecular complexity index is 954. The lowest BCUT2D eigenvalue weighted by atomic mass is 9.96. The van der Waals surface area contributed by atoms with Crippen molar-refractivity contribution in [1.82, 2.24) is 10.2 Å². The Balaban J connectivity index is 1.45. The summed E-state index contributed by atoms with van der Waals surface area (Å²) in [5.74, 6) is -2.97. The molecule has 2 N–H and O–H groups in total. The van der Waals surface area contributed by atoms with Gasteiger partial charge in [0.2, 0.25) is 5.82 Å². The van der Waals surface area contributed by atoms with Crippen LogP contribution in [-0.4, -0.2) is 47.2 Å². The van der Waals surface area contributed by atoms with Crippen molar-refractivity contribution in [3.05, 3.63) is 58.3 Å². The first-order valence-electron chi connectivity index (χ1n) is 9.19. The van der Waals surface area contributed by atoms with Gasteiger partial charge in [0.15, 0.2) is 0 Å². The lowest BCUT2D eigenvalue weighted by Gasteiger charge is -2.31. The Labute approximate surface area is 170 Å². The molecule has 1 saturated heterocycles. The lowest BCUT2D eigenvalue weighted by Crippen LogP contribution is -2.43. The van der Waals surface area contributed by atoms with Crippen molar-refractivity contribution in [3.8, 4) is 0 Å². The first-order valence-corrected chi connectivity index (χ1v) is 9.19. The lowest BCUT2D eigenvalue weighted by molar-refractivity contribution is -0.387. The van der Waals surface area contributed by atoms with Crippen molar-refractivity contribution in [2.75, 3.05) is 25.0 Å². The molecule has 0 unspecified atom stereocenters. The number of rotatable bonds is 5. The van der Waals surface area contributed by atoms with Crippen molar-refractivity contribution < 1.29 is 28.1 Å². The predicted octanol–water partition coefficient (Wildman–Crippen LogP) is 1.93. The molecule has 30 heavy (non-hydrogen) atoms. The number of hydrogen-bond donors (Lipinski definition) is 2. The monoisotopic (exact) mass is 418 g/mol. The van der Waals surface area contributed by atoms with E-state index < -0.39 is 28.2 Å². The van der Waals surface area contributed by atoms with Crippen molar-refractivity contribution in [2.24, 2.45) is 5.92 Å². The van der Waals surface area contributed by atoms with Gasteiger partial charge in [-0.25, -0.2) is 0 Å². The van der Waals surface area contributed by atoms with E-state index in [0.717, 1.165) is 18.2 Å². The Hall–Kier alpha value is -3.76. The third-order valence-corrected chi connectivity index (χ3v) is 4.83. The molecule has 0 radical (unpaired) electrons. The topological polar surface area (TPSA) is 135 Å². The number of carbonyl (C=O) groups is 3. The molecule has 2 aromatic rings. The number of nitro benzene ring substituents is 1. The molecule has 1 aromatic heterocycles. The summed E-state index contributed by atoms with van der Waals surface area (Å²) in [5.41, 5.74) is -0.376. The van der Waals surface area contributed by atoms with E-state index in [0.29, 0.717) is 31.5 Å². The minimum Gasteiger partial charge on any atom is -0.472 e. The van der Waals surface area contributed by atoms with Gasteiger partial charge in [-0.2, -0.15) is 4.39 Å². The van der Waals surface area contributed by atoms with Gasteiger partial charge < -0.3 is 20.0 Å². The molecule has 1 aromatic carbocycles. The molecule has 3 amide bonds. The van der Waals surface area contributed by atoms with Crippen molar-refractivity contribution >= 4 is 29.1 Å². The van der Waals surface area contributed by atoms with Crippen molar-refractivity contribution in [2.45, 2.75) is 12.8 Å². The minimum atomic E-state index is -1.04. The van der Waals surface area contributed by atoms with Crippen LogP contribution in [0.3, 0.4) is 0 Å². The summed E-state index contributed by atoms with van der Waals surface area (Å²) >= 11 is 0. The van der Waals surface area contributed by atoms with Gasteiger partial charge in [-0.1, -0.05) is 0 Å². The third-order valence-electron chi connectivity index (χ3n) is 4.83. The maximum absolute atomic E-state index is 13.3. The molecule has 0 bridgehead atoms. The SMILES string of the molecule is O=C(NCC1CCN(C(=O)c2ccoc2)CC1)C(=O)Nc1ccc(F)c([N+](=O)[O-])c1. The van der Waals surface area contributed by atoms with Crippen LogP contribution in [0, 0.1) is 21.8 Å². The van der Waals surface area contributed by atoms with Crippen LogP contribution in [0.25, 0.3) is 0 Å². The van der Waals surface area contributed by atoms with Gasteiger partial charge in [0.05, 0.1) is 16.7 Å².